The van der Waals surface area contributed by atoms with Crippen molar-refractivity contribution < 1.29 is 22.7 Å². The number of hydrogen-bond donors (Lipinski definition) is 0. The van der Waals surface area contributed by atoms with Crippen molar-refractivity contribution in [2.75, 3.05) is 0 Å². The molecule has 160 valence electrons. The molecule has 0 aliphatic heterocycles. The van der Waals surface area contributed by atoms with E-state index in [-0.39, 0.29) is 12.1 Å². The van der Waals surface area contributed by atoms with Gasteiger partial charge in [-0.2, -0.15) is 13.2 Å². The number of hydrogen-bond acceptors (Lipinski definition) is 2. The molecule has 2 aliphatic rings. The second-order valence-corrected chi connectivity index (χ2v) is 8.52. The first-order valence-electron chi connectivity index (χ1n) is 10.9. The van der Waals surface area contributed by atoms with Crippen LogP contribution in [0.5, 0.6) is 0 Å². The van der Waals surface area contributed by atoms with Crippen LogP contribution >= 0.6 is 0 Å². The molecule has 0 unspecified atom stereocenters. The summed E-state index contributed by atoms with van der Waals surface area (Å²) in [6.07, 6.45) is 8.41. The van der Waals surface area contributed by atoms with Gasteiger partial charge < -0.3 is 4.74 Å². The Morgan fingerprint density at radius 2 is 1.52 bits per heavy atom. The van der Waals surface area contributed by atoms with Crippen LogP contribution in [-0.4, -0.2) is 12.1 Å². The Morgan fingerprint density at radius 3 is 2.03 bits per heavy atom. The molecule has 0 spiro atoms. The number of alkyl halides is 3. The summed E-state index contributed by atoms with van der Waals surface area (Å²) in [5.41, 5.74) is 0.463. The molecule has 29 heavy (non-hydrogen) atoms. The molecule has 0 saturated heterocycles. The summed E-state index contributed by atoms with van der Waals surface area (Å²) in [4.78, 5) is 11.7. The summed E-state index contributed by atoms with van der Waals surface area (Å²) in [6.45, 7) is 1.99. The van der Waals surface area contributed by atoms with E-state index in [0.717, 1.165) is 63.4 Å². The lowest BCUT2D eigenvalue weighted by Gasteiger charge is -2.37. The molecular weight excluding hydrogens is 377 g/mol. The Hall–Kier alpha value is -1.78. The SMILES string of the molecule is CC/C=C/C(=O)OC1CCC(C2CCC(c3ccc(C(F)(F)F)cc3)CC2)CC1. The van der Waals surface area contributed by atoms with E-state index in [1.807, 2.05) is 13.0 Å². The van der Waals surface area contributed by atoms with E-state index in [1.54, 1.807) is 12.1 Å². The van der Waals surface area contributed by atoms with Gasteiger partial charge in [-0.25, -0.2) is 4.79 Å². The first-order valence-corrected chi connectivity index (χ1v) is 10.9. The van der Waals surface area contributed by atoms with Gasteiger partial charge in [-0.05, 0) is 93.2 Å². The van der Waals surface area contributed by atoms with Gasteiger partial charge in [-0.1, -0.05) is 25.1 Å². The average Bonchev–Trinajstić information content (AvgIpc) is 2.72. The predicted molar refractivity (Wildman–Crippen MR) is 107 cm³/mol. The van der Waals surface area contributed by atoms with E-state index in [1.165, 1.54) is 18.2 Å². The van der Waals surface area contributed by atoms with Crippen LogP contribution in [0, 0.1) is 11.8 Å². The minimum atomic E-state index is -4.27. The fraction of sp³-hybridized carbons (Fsp3) is 0.625. The van der Waals surface area contributed by atoms with Crippen LogP contribution in [0.4, 0.5) is 13.2 Å². The highest BCUT2D eigenvalue weighted by atomic mass is 19.4. The highest BCUT2D eigenvalue weighted by molar-refractivity contribution is 5.82. The van der Waals surface area contributed by atoms with Gasteiger partial charge >= 0.3 is 12.1 Å². The summed E-state index contributed by atoms with van der Waals surface area (Å²) in [6, 6.07) is 5.72. The zero-order valence-corrected chi connectivity index (χ0v) is 17.1. The second-order valence-electron chi connectivity index (χ2n) is 8.52. The molecule has 0 radical (unpaired) electrons. The number of carbonyl (C=O) groups excluding carboxylic acids is 1. The van der Waals surface area contributed by atoms with Crippen molar-refractivity contribution in [3.63, 3.8) is 0 Å². The quantitative estimate of drug-likeness (QED) is 0.385. The average molecular weight is 409 g/mol. The number of ether oxygens (including phenoxy) is 1. The van der Waals surface area contributed by atoms with Crippen molar-refractivity contribution in [3.05, 3.63) is 47.5 Å². The van der Waals surface area contributed by atoms with Gasteiger partial charge in [0.25, 0.3) is 0 Å². The number of carbonyl (C=O) groups is 1. The van der Waals surface area contributed by atoms with Crippen molar-refractivity contribution >= 4 is 5.97 Å². The minimum absolute atomic E-state index is 0.0451. The highest BCUT2D eigenvalue weighted by Gasteiger charge is 2.33. The molecule has 0 N–H and O–H groups in total. The summed E-state index contributed by atoms with van der Waals surface area (Å²) in [7, 11) is 0. The first-order chi connectivity index (χ1) is 13.9. The van der Waals surface area contributed by atoms with E-state index in [2.05, 4.69) is 0 Å². The van der Waals surface area contributed by atoms with Crippen molar-refractivity contribution in [1.82, 2.24) is 0 Å². The third kappa shape index (κ3) is 6.10. The van der Waals surface area contributed by atoms with Crippen LogP contribution in [0.1, 0.15) is 81.8 Å². The van der Waals surface area contributed by atoms with Crippen molar-refractivity contribution in [1.29, 1.82) is 0 Å². The standard InChI is InChI=1S/C24H31F3O2/c1-2-3-4-23(28)29-22-15-11-20(12-16-22)18-7-5-17(6-8-18)19-9-13-21(14-10-19)24(25,26)27/h3-4,9-10,13-14,17-18,20,22H,2,5-8,11-12,15-16H2,1H3/b4-3+. The lowest BCUT2D eigenvalue weighted by molar-refractivity contribution is -0.145. The number of allylic oxidation sites excluding steroid dienone is 1. The maximum absolute atomic E-state index is 12.7. The van der Waals surface area contributed by atoms with Gasteiger partial charge in [0.15, 0.2) is 0 Å². The predicted octanol–water partition coefficient (Wildman–Crippen LogP) is 7.05. The van der Waals surface area contributed by atoms with Crippen LogP contribution in [0.2, 0.25) is 0 Å². The minimum Gasteiger partial charge on any atom is -0.459 e. The van der Waals surface area contributed by atoms with E-state index in [4.69, 9.17) is 4.74 Å². The molecule has 0 atom stereocenters. The molecule has 2 aliphatic carbocycles. The molecule has 0 heterocycles. The highest BCUT2D eigenvalue weighted by Crippen LogP contribution is 2.43. The van der Waals surface area contributed by atoms with Crippen LogP contribution in [-0.2, 0) is 15.7 Å². The molecule has 5 heteroatoms. The van der Waals surface area contributed by atoms with Crippen LogP contribution < -0.4 is 0 Å². The van der Waals surface area contributed by atoms with Gasteiger partial charge in [0.1, 0.15) is 6.10 Å². The van der Waals surface area contributed by atoms with E-state index >= 15 is 0 Å². The summed E-state index contributed by atoms with van der Waals surface area (Å²) in [5.74, 6) is 1.52. The monoisotopic (exact) mass is 408 g/mol. The van der Waals surface area contributed by atoms with Gasteiger partial charge in [0, 0.05) is 6.08 Å². The van der Waals surface area contributed by atoms with Crippen molar-refractivity contribution in [3.8, 4) is 0 Å². The zero-order chi connectivity index (χ0) is 20.9. The fourth-order valence-corrected chi connectivity index (χ4v) is 4.96. The van der Waals surface area contributed by atoms with E-state index in [9.17, 15) is 18.0 Å². The van der Waals surface area contributed by atoms with Crippen LogP contribution in [0.15, 0.2) is 36.4 Å². The molecule has 2 nitrogen and oxygen atoms in total. The summed E-state index contributed by atoms with van der Waals surface area (Å²) < 4.78 is 43.8. The molecule has 2 fully saturated rings. The molecular formula is C24H31F3O2. The van der Waals surface area contributed by atoms with E-state index in [0.29, 0.717) is 17.8 Å². The Kier molecular flexibility index (Phi) is 7.42. The molecule has 3 rings (SSSR count). The topological polar surface area (TPSA) is 26.3 Å². The molecule has 1 aromatic rings. The zero-order valence-electron chi connectivity index (χ0n) is 17.1. The van der Waals surface area contributed by atoms with Crippen LogP contribution in [0.3, 0.4) is 0 Å². The number of halogens is 3. The summed E-state index contributed by atoms with van der Waals surface area (Å²) in [5, 5.41) is 0. The largest absolute Gasteiger partial charge is 0.459 e. The Morgan fingerprint density at radius 1 is 0.966 bits per heavy atom. The van der Waals surface area contributed by atoms with E-state index < -0.39 is 11.7 Å². The van der Waals surface area contributed by atoms with Crippen molar-refractivity contribution in [2.45, 2.75) is 82.9 Å². The molecule has 2 saturated carbocycles. The smallest absolute Gasteiger partial charge is 0.416 e. The Balaban J connectivity index is 1.43. The maximum Gasteiger partial charge on any atom is 0.416 e. The molecule has 0 bridgehead atoms. The normalized spacial score (nSPS) is 28.4. The second kappa shape index (κ2) is 9.82. The Labute approximate surface area is 171 Å². The third-order valence-electron chi connectivity index (χ3n) is 6.64. The Bertz CT molecular complexity index is 677. The van der Waals surface area contributed by atoms with Gasteiger partial charge in [-0.3, -0.25) is 0 Å². The third-order valence-corrected chi connectivity index (χ3v) is 6.64. The summed E-state index contributed by atoms with van der Waals surface area (Å²) >= 11 is 0. The van der Waals surface area contributed by atoms with Gasteiger partial charge in [0.2, 0.25) is 0 Å². The van der Waals surface area contributed by atoms with Gasteiger partial charge in [-0.15, -0.1) is 0 Å². The fourth-order valence-electron chi connectivity index (χ4n) is 4.96. The first kappa shape index (κ1) is 21.9. The molecule has 0 amide bonds. The molecule has 0 aromatic heterocycles. The number of rotatable bonds is 5. The van der Waals surface area contributed by atoms with Crippen LogP contribution in [0.25, 0.3) is 0 Å². The number of benzene rings is 1. The van der Waals surface area contributed by atoms with Gasteiger partial charge in [0.05, 0.1) is 5.56 Å². The van der Waals surface area contributed by atoms with Crippen molar-refractivity contribution in [2.24, 2.45) is 11.8 Å². The molecule has 1 aromatic carbocycles. The lowest BCUT2D eigenvalue weighted by Crippen LogP contribution is -2.29. The number of esters is 1. The lowest BCUT2D eigenvalue weighted by atomic mass is 9.69. The maximum atomic E-state index is 12.7.